The van der Waals surface area contributed by atoms with Crippen LogP contribution in [0.3, 0.4) is 0 Å². The highest BCUT2D eigenvalue weighted by Gasteiger charge is 2.33. The minimum absolute atomic E-state index is 0.0337. The number of carbonyl (C=O) groups excluding carboxylic acids is 2. The van der Waals surface area contributed by atoms with Gasteiger partial charge in [0.2, 0.25) is 10.0 Å². The van der Waals surface area contributed by atoms with Crippen molar-refractivity contribution < 1.29 is 37.3 Å². The van der Waals surface area contributed by atoms with Gasteiger partial charge in [-0.2, -0.15) is 4.31 Å². The van der Waals surface area contributed by atoms with E-state index in [1.165, 1.54) is 30.5 Å². The van der Waals surface area contributed by atoms with Crippen LogP contribution in [0.4, 0.5) is 4.79 Å². The molecule has 3 rings (SSSR count). The van der Waals surface area contributed by atoms with E-state index in [2.05, 4.69) is 5.32 Å². The van der Waals surface area contributed by atoms with Gasteiger partial charge < -0.3 is 29.4 Å². The third-order valence-corrected chi connectivity index (χ3v) is 9.11. The molecule has 1 fully saturated rings. The number of hydrogen-bond acceptors (Lipinski definition) is 8. The predicted octanol–water partition coefficient (Wildman–Crippen LogP) is 3.57. The first-order chi connectivity index (χ1) is 19.6. The molecule has 2 aromatic rings. The SMILES string of the molecule is CCC(CCC(C)=O)CN(C[C@@H](O)[C@H](Cc1ccccc1)NC(=O)OC1CCOC1)S(=O)(=O)c1ccc(OC)cc1. The molecular formula is C30H42N2O8S. The Bertz CT molecular complexity index is 1200. The van der Waals surface area contributed by atoms with Crippen molar-refractivity contribution in [2.75, 3.05) is 33.4 Å². The Hall–Kier alpha value is -2.99. The molecule has 41 heavy (non-hydrogen) atoms. The maximum atomic E-state index is 13.9. The first-order valence-corrected chi connectivity index (χ1v) is 15.5. The van der Waals surface area contributed by atoms with Gasteiger partial charge in [-0.1, -0.05) is 43.7 Å². The Balaban J connectivity index is 1.86. The molecule has 1 saturated heterocycles. The van der Waals surface area contributed by atoms with Crippen molar-refractivity contribution in [1.29, 1.82) is 0 Å². The molecule has 1 heterocycles. The van der Waals surface area contributed by atoms with Crippen molar-refractivity contribution in [3.05, 3.63) is 60.2 Å². The Morgan fingerprint density at radius 2 is 1.83 bits per heavy atom. The number of benzene rings is 2. The van der Waals surface area contributed by atoms with Crippen LogP contribution in [0.2, 0.25) is 0 Å². The first-order valence-electron chi connectivity index (χ1n) is 14.0. The van der Waals surface area contributed by atoms with E-state index >= 15 is 0 Å². The van der Waals surface area contributed by atoms with E-state index in [4.69, 9.17) is 14.2 Å². The summed E-state index contributed by atoms with van der Waals surface area (Å²) in [5.74, 6) is 0.445. The third kappa shape index (κ3) is 10.1. The van der Waals surface area contributed by atoms with E-state index in [0.717, 1.165) is 5.56 Å². The van der Waals surface area contributed by atoms with Crippen LogP contribution in [-0.2, 0) is 30.7 Å². The minimum Gasteiger partial charge on any atom is -0.497 e. The number of ketones is 1. The lowest BCUT2D eigenvalue weighted by atomic mass is 9.98. The molecule has 11 heteroatoms. The summed E-state index contributed by atoms with van der Waals surface area (Å²) in [5.41, 5.74) is 0.860. The summed E-state index contributed by atoms with van der Waals surface area (Å²) in [6.07, 6.45) is 0.0355. The van der Waals surface area contributed by atoms with Crippen LogP contribution in [0.15, 0.2) is 59.5 Å². The molecule has 0 radical (unpaired) electrons. The molecule has 0 bridgehead atoms. The van der Waals surface area contributed by atoms with Gasteiger partial charge >= 0.3 is 6.09 Å². The van der Waals surface area contributed by atoms with Crippen LogP contribution in [0.5, 0.6) is 5.75 Å². The van der Waals surface area contributed by atoms with Crippen LogP contribution < -0.4 is 10.1 Å². The summed E-state index contributed by atoms with van der Waals surface area (Å²) in [6.45, 7) is 4.12. The number of aliphatic hydroxyl groups excluding tert-OH is 1. The van der Waals surface area contributed by atoms with E-state index in [1.807, 2.05) is 37.3 Å². The predicted molar refractivity (Wildman–Crippen MR) is 154 cm³/mol. The molecule has 2 aromatic carbocycles. The summed E-state index contributed by atoms with van der Waals surface area (Å²) in [4.78, 5) is 24.5. The fourth-order valence-electron chi connectivity index (χ4n) is 4.72. The Kier molecular flexibility index (Phi) is 12.6. The molecular weight excluding hydrogens is 548 g/mol. The van der Waals surface area contributed by atoms with Gasteiger partial charge in [0.15, 0.2) is 0 Å². The van der Waals surface area contributed by atoms with Crippen LogP contribution in [0.25, 0.3) is 0 Å². The fraction of sp³-hybridized carbons (Fsp3) is 0.533. The third-order valence-electron chi connectivity index (χ3n) is 7.26. The van der Waals surface area contributed by atoms with Gasteiger partial charge in [-0.3, -0.25) is 0 Å². The van der Waals surface area contributed by atoms with Gasteiger partial charge in [0.25, 0.3) is 0 Å². The number of ether oxygens (including phenoxy) is 3. The lowest BCUT2D eigenvalue weighted by Crippen LogP contribution is -2.51. The largest absolute Gasteiger partial charge is 0.497 e. The van der Waals surface area contributed by atoms with E-state index in [9.17, 15) is 23.1 Å². The highest BCUT2D eigenvalue weighted by molar-refractivity contribution is 7.89. The molecule has 0 aromatic heterocycles. The zero-order chi connectivity index (χ0) is 29.8. The van der Waals surface area contributed by atoms with E-state index in [-0.39, 0.29) is 42.2 Å². The van der Waals surface area contributed by atoms with Crippen molar-refractivity contribution in [3.63, 3.8) is 0 Å². The number of carbonyl (C=O) groups is 2. The average Bonchev–Trinajstić information content (AvgIpc) is 3.47. The quantitative estimate of drug-likeness (QED) is 0.303. The highest BCUT2D eigenvalue weighted by Crippen LogP contribution is 2.24. The molecule has 4 atom stereocenters. The van der Waals surface area contributed by atoms with Crippen molar-refractivity contribution in [3.8, 4) is 5.75 Å². The molecule has 10 nitrogen and oxygen atoms in total. The number of methoxy groups -OCH3 is 1. The number of aliphatic hydroxyl groups is 1. The second kappa shape index (κ2) is 15.9. The van der Waals surface area contributed by atoms with Crippen LogP contribution in [-0.4, -0.2) is 81.4 Å². The fourth-order valence-corrected chi connectivity index (χ4v) is 6.25. The van der Waals surface area contributed by atoms with Gasteiger partial charge in [-0.25, -0.2) is 13.2 Å². The van der Waals surface area contributed by atoms with E-state index < -0.39 is 28.3 Å². The second-order valence-corrected chi connectivity index (χ2v) is 12.3. The van der Waals surface area contributed by atoms with Gasteiger partial charge in [0.1, 0.15) is 17.6 Å². The number of nitrogens with one attached hydrogen (secondary N) is 1. The Morgan fingerprint density at radius 1 is 1.12 bits per heavy atom. The molecule has 1 amide bonds. The molecule has 0 saturated carbocycles. The average molecular weight is 591 g/mol. The van der Waals surface area contributed by atoms with Gasteiger partial charge in [-0.15, -0.1) is 0 Å². The van der Waals surface area contributed by atoms with Crippen molar-refractivity contribution in [2.45, 2.75) is 69.1 Å². The first kappa shape index (κ1) is 32.5. The maximum Gasteiger partial charge on any atom is 0.407 e. The highest BCUT2D eigenvalue weighted by atomic mass is 32.2. The summed E-state index contributed by atoms with van der Waals surface area (Å²) in [7, 11) is -2.55. The van der Waals surface area contributed by atoms with Crippen molar-refractivity contribution >= 4 is 21.9 Å². The molecule has 2 N–H and O–H groups in total. The number of Topliss-reactive ketones (excluding diaryl/α,β-unsaturated/α-hetero) is 1. The smallest absolute Gasteiger partial charge is 0.407 e. The molecule has 1 aliphatic heterocycles. The zero-order valence-electron chi connectivity index (χ0n) is 24.0. The number of sulfonamides is 1. The zero-order valence-corrected chi connectivity index (χ0v) is 24.8. The van der Waals surface area contributed by atoms with Crippen LogP contribution in [0.1, 0.15) is 45.1 Å². The summed E-state index contributed by atoms with van der Waals surface area (Å²) < 4.78 is 44.9. The Labute approximate surface area is 243 Å². The molecule has 226 valence electrons. The lowest BCUT2D eigenvalue weighted by molar-refractivity contribution is -0.117. The monoisotopic (exact) mass is 590 g/mol. The van der Waals surface area contributed by atoms with Gasteiger partial charge in [-0.05, 0) is 55.5 Å². The van der Waals surface area contributed by atoms with Crippen molar-refractivity contribution in [2.24, 2.45) is 5.92 Å². The normalized spacial score (nSPS) is 17.5. The summed E-state index contributed by atoms with van der Waals surface area (Å²) in [5, 5.41) is 14.2. The van der Waals surface area contributed by atoms with Gasteiger partial charge in [0, 0.05) is 25.9 Å². The lowest BCUT2D eigenvalue weighted by Gasteiger charge is -2.32. The van der Waals surface area contributed by atoms with E-state index in [1.54, 1.807) is 12.1 Å². The van der Waals surface area contributed by atoms with Crippen LogP contribution >= 0.6 is 0 Å². The molecule has 1 aliphatic rings. The van der Waals surface area contributed by atoms with Crippen molar-refractivity contribution in [1.82, 2.24) is 9.62 Å². The standard InChI is InChI=1S/C30H42N2O8S/c1-4-23(11-10-22(2)33)19-32(41(36,37)27-14-12-25(38-3)13-15-27)20-29(34)28(18-24-8-6-5-7-9-24)31-30(35)40-26-16-17-39-21-26/h5-9,12-15,23,26,28-29,34H,4,10-11,16-21H2,1-3H3,(H,31,35)/t23?,26?,28-,29+/m0/s1. The number of amides is 1. The second-order valence-electron chi connectivity index (χ2n) is 10.4. The van der Waals surface area contributed by atoms with Gasteiger partial charge in [0.05, 0.1) is 37.4 Å². The molecule has 0 aliphatic carbocycles. The van der Waals surface area contributed by atoms with E-state index in [0.29, 0.717) is 44.6 Å². The Morgan fingerprint density at radius 3 is 2.41 bits per heavy atom. The maximum absolute atomic E-state index is 13.9. The summed E-state index contributed by atoms with van der Waals surface area (Å²) in [6, 6.07) is 14.5. The molecule has 2 unspecified atom stereocenters. The number of alkyl carbamates (subject to hydrolysis) is 1. The molecule has 0 spiro atoms. The topological polar surface area (TPSA) is 131 Å². The summed E-state index contributed by atoms with van der Waals surface area (Å²) >= 11 is 0. The van der Waals surface area contributed by atoms with Crippen LogP contribution in [0, 0.1) is 5.92 Å². The minimum atomic E-state index is -4.05. The number of rotatable bonds is 16. The number of hydrogen-bond donors (Lipinski definition) is 2. The number of nitrogens with zero attached hydrogens (tertiary/aromatic N) is 1.